The highest BCUT2D eigenvalue weighted by atomic mass is 16.6. The monoisotopic (exact) mass is 308 g/mol. The molecule has 1 aliphatic heterocycles. The van der Waals surface area contributed by atoms with Gasteiger partial charge in [0, 0.05) is 13.5 Å². The molecule has 0 saturated carbocycles. The van der Waals surface area contributed by atoms with Crippen LogP contribution < -0.4 is 11.1 Å². The summed E-state index contributed by atoms with van der Waals surface area (Å²) in [4.78, 5) is 23.0. The molecule has 0 unspecified atom stereocenters. The summed E-state index contributed by atoms with van der Waals surface area (Å²) in [6.45, 7) is 1.45. The number of aliphatic hydroxyl groups is 2. The van der Waals surface area contributed by atoms with E-state index in [2.05, 4.69) is 20.3 Å². The van der Waals surface area contributed by atoms with Gasteiger partial charge < -0.3 is 26.0 Å². The van der Waals surface area contributed by atoms with Gasteiger partial charge in [-0.15, -0.1) is 0 Å². The van der Waals surface area contributed by atoms with Gasteiger partial charge in [0.15, 0.2) is 17.7 Å². The number of aromatic nitrogens is 4. The first-order valence-electron chi connectivity index (χ1n) is 6.68. The summed E-state index contributed by atoms with van der Waals surface area (Å²) in [5, 5.41) is 22.8. The molecule has 1 fully saturated rings. The van der Waals surface area contributed by atoms with Gasteiger partial charge in [-0.05, 0) is 0 Å². The topological polar surface area (TPSA) is 148 Å². The molecule has 22 heavy (non-hydrogen) atoms. The summed E-state index contributed by atoms with van der Waals surface area (Å²) >= 11 is 0. The third kappa shape index (κ3) is 2.36. The quantitative estimate of drug-likeness (QED) is 0.517. The number of anilines is 1. The fourth-order valence-electron chi connectivity index (χ4n) is 2.43. The van der Waals surface area contributed by atoms with Crippen molar-refractivity contribution in [3.05, 3.63) is 12.7 Å². The molecule has 5 N–H and O–H groups in total. The van der Waals surface area contributed by atoms with Gasteiger partial charge in [0.25, 0.3) is 0 Å². The van der Waals surface area contributed by atoms with E-state index in [4.69, 9.17) is 10.5 Å². The van der Waals surface area contributed by atoms with E-state index >= 15 is 0 Å². The number of carbonyl (C=O) groups is 1. The number of hydrogen-bond acceptors (Lipinski definition) is 8. The van der Waals surface area contributed by atoms with Gasteiger partial charge in [-0.1, -0.05) is 0 Å². The minimum Gasteiger partial charge on any atom is -0.387 e. The number of nitrogens with zero attached hydrogens (tertiary/aromatic N) is 4. The van der Waals surface area contributed by atoms with Crippen molar-refractivity contribution in [2.75, 3.05) is 12.3 Å². The second-order valence-electron chi connectivity index (χ2n) is 5.07. The number of aliphatic hydroxyl groups excluding tert-OH is 2. The molecule has 118 valence electrons. The second-order valence-corrected chi connectivity index (χ2v) is 5.07. The molecular weight excluding hydrogens is 292 g/mol. The highest BCUT2D eigenvalue weighted by molar-refractivity contribution is 5.81. The van der Waals surface area contributed by atoms with Gasteiger partial charge >= 0.3 is 0 Å². The number of fused-ring (bicyclic) bond motifs is 1. The van der Waals surface area contributed by atoms with E-state index in [0.29, 0.717) is 11.2 Å². The highest BCUT2D eigenvalue weighted by Crippen LogP contribution is 2.31. The number of nitrogens with one attached hydrogen (secondary N) is 1. The van der Waals surface area contributed by atoms with Crippen LogP contribution in [0, 0.1) is 0 Å². The Bertz CT molecular complexity index is 704. The van der Waals surface area contributed by atoms with E-state index in [9.17, 15) is 15.0 Å². The summed E-state index contributed by atoms with van der Waals surface area (Å²) in [5.41, 5.74) is 6.49. The van der Waals surface area contributed by atoms with Crippen molar-refractivity contribution in [1.82, 2.24) is 24.8 Å². The van der Waals surface area contributed by atoms with E-state index in [1.54, 1.807) is 0 Å². The number of carbonyl (C=O) groups excluding carboxylic acids is 1. The van der Waals surface area contributed by atoms with Crippen LogP contribution in [-0.2, 0) is 9.53 Å². The lowest BCUT2D eigenvalue weighted by Crippen LogP contribution is -2.39. The third-order valence-electron chi connectivity index (χ3n) is 3.55. The maximum absolute atomic E-state index is 11.0. The van der Waals surface area contributed by atoms with Crippen molar-refractivity contribution in [2.24, 2.45) is 0 Å². The van der Waals surface area contributed by atoms with Crippen LogP contribution in [-0.4, -0.2) is 60.5 Å². The average Bonchev–Trinajstić information content (AvgIpc) is 3.01. The fourth-order valence-corrected chi connectivity index (χ4v) is 2.43. The maximum atomic E-state index is 11.0. The van der Waals surface area contributed by atoms with Crippen LogP contribution in [0.2, 0.25) is 0 Å². The predicted molar refractivity (Wildman–Crippen MR) is 74.3 cm³/mol. The molecule has 0 radical (unpaired) electrons. The van der Waals surface area contributed by atoms with Crippen molar-refractivity contribution >= 4 is 22.9 Å². The smallest absolute Gasteiger partial charge is 0.216 e. The van der Waals surface area contributed by atoms with Crippen LogP contribution in [0.4, 0.5) is 5.82 Å². The Morgan fingerprint density at radius 2 is 2.18 bits per heavy atom. The van der Waals surface area contributed by atoms with Gasteiger partial charge in [-0.3, -0.25) is 9.36 Å². The standard InChI is InChI=1S/C12H16N6O4/c1-5(19)14-2-6-8(20)9(21)12(22-6)18-4-17-7-10(13)15-3-16-11(7)18/h3-4,6,8-9,12,20-21H,2H2,1H3,(H,14,19)(H2,13,15,16)/t6-,8-,9-,12-/m1/s1. The summed E-state index contributed by atoms with van der Waals surface area (Å²) in [5.74, 6) is -0.0334. The largest absolute Gasteiger partial charge is 0.387 e. The number of ether oxygens (including phenoxy) is 1. The minimum absolute atomic E-state index is 0.0911. The first-order valence-corrected chi connectivity index (χ1v) is 6.68. The molecule has 4 atom stereocenters. The van der Waals surface area contributed by atoms with Crippen molar-refractivity contribution < 1.29 is 19.7 Å². The second kappa shape index (κ2) is 5.48. The van der Waals surface area contributed by atoms with Crippen LogP contribution in [0.5, 0.6) is 0 Å². The van der Waals surface area contributed by atoms with Gasteiger partial charge in [-0.2, -0.15) is 0 Å². The van der Waals surface area contributed by atoms with E-state index in [0.717, 1.165) is 0 Å². The number of hydrogen-bond donors (Lipinski definition) is 4. The van der Waals surface area contributed by atoms with Gasteiger partial charge in [0.2, 0.25) is 5.91 Å². The lowest BCUT2D eigenvalue weighted by Gasteiger charge is -2.16. The number of rotatable bonds is 3. The SMILES string of the molecule is CC(=O)NC[C@H]1O[C@@H](n2cnc3c(N)ncnc32)[C@H](O)[C@@H]1O. The van der Waals surface area contributed by atoms with Crippen molar-refractivity contribution in [3.63, 3.8) is 0 Å². The molecule has 2 aromatic rings. The highest BCUT2D eigenvalue weighted by Gasteiger charge is 2.44. The number of nitrogen functional groups attached to an aromatic ring is 1. The zero-order chi connectivity index (χ0) is 15.9. The average molecular weight is 308 g/mol. The summed E-state index contributed by atoms with van der Waals surface area (Å²) in [6.07, 6.45) is -1.26. The Kier molecular flexibility index (Phi) is 3.64. The molecule has 10 heteroatoms. The number of nitrogens with two attached hydrogens (primary N) is 1. The Labute approximate surface area is 124 Å². The molecule has 1 aliphatic rings. The lowest BCUT2D eigenvalue weighted by atomic mass is 10.1. The van der Waals surface area contributed by atoms with E-state index < -0.39 is 24.5 Å². The van der Waals surface area contributed by atoms with Crippen LogP contribution in [0.3, 0.4) is 0 Å². The molecule has 3 rings (SSSR count). The lowest BCUT2D eigenvalue weighted by molar-refractivity contribution is -0.120. The first kappa shape index (κ1) is 14.6. The molecule has 0 aromatic carbocycles. The van der Waals surface area contributed by atoms with E-state index in [1.165, 1.54) is 24.1 Å². The summed E-state index contributed by atoms with van der Waals surface area (Å²) in [7, 11) is 0. The Morgan fingerprint density at radius 3 is 2.91 bits per heavy atom. The Balaban J connectivity index is 1.87. The minimum atomic E-state index is -1.19. The molecule has 0 aliphatic carbocycles. The Hall–Kier alpha value is -2.30. The van der Waals surface area contributed by atoms with Gasteiger partial charge in [0.1, 0.15) is 30.2 Å². The molecular formula is C12H16N6O4. The predicted octanol–water partition coefficient (Wildman–Crippen LogP) is -1.84. The zero-order valence-corrected chi connectivity index (χ0v) is 11.7. The molecule has 0 bridgehead atoms. The molecule has 1 saturated heterocycles. The summed E-state index contributed by atoms with van der Waals surface area (Å²) in [6, 6.07) is 0. The molecule has 0 spiro atoms. The summed E-state index contributed by atoms with van der Waals surface area (Å²) < 4.78 is 7.12. The van der Waals surface area contributed by atoms with Crippen molar-refractivity contribution in [1.29, 1.82) is 0 Å². The Morgan fingerprint density at radius 1 is 1.41 bits per heavy atom. The fraction of sp³-hybridized carbons (Fsp3) is 0.500. The normalized spacial score (nSPS) is 28.1. The number of amides is 1. The van der Waals surface area contributed by atoms with Crippen molar-refractivity contribution in [3.8, 4) is 0 Å². The molecule has 10 nitrogen and oxygen atoms in total. The molecule has 2 aromatic heterocycles. The molecule has 3 heterocycles. The van der Waals surface area contributed by atoms with Crippen LogP contribution in [0.1, 0.15) is 13.2 Å². The van der Waals surface area contributed by atoms with E-state index in [1.807, 2.05) is 0 Å². The van der Waals surface area contributed by atoms with Crippen LogP contribution >= 0.6 is 0 Å². The maximum Gasteiger partial charge on any atom is 0.216 e. The van der Waals surface area contributed by atoms with Crippen LogP contribution in [0.25, 0.3) is 11.2 Å². The number of imidazole rings is 1. The van der Waals surface area contributed by atoms with Gasteiger partial charge in [0.05, 0.1) is 6.33 Å². The zero-order valence-electron chi connectivity index (χ0n) is 11.7. The first-order chi connectivity index (χ1) is 10.5. The van der Waals surface area contributed by atoms with Crippen molar-refractivity contribution in [2.45, 2.75) is 31.5 Å². The van der Waals surface area contributed by atoms with Crippen LogP contribution in [0.15, 0.2) is 12.7 Å². The third-order valence-corrected chi connectivity index (χ3v) is 3.55. The molecule has 1 amide bonds. The van der Waals surface area contributed by atoms with E-state index in [-0.39, 0.29) is 18.3 Å². The van der Waals surface area contributed by atoms with Gasteiger partial charge in [-0.25, -0.2) is 15.0 Å².